The molecule has 110 valence electrons. The highest BCUT2D eigenvalue weighted by atomic mass is 16.5. The number of nitrogens with zero attached hydrogens (tertiary/aromatic N) is 1. The van der Waals surface area contributed by atoms with Gasteiger partial charge in [0.05, 0.1) is 20.8 Å². The molecule has 0 radical (unpaired) electrons. The van der Waals surface area contributed by atoms with Crippen LogP contribution in [0.2, 0.25) is 0 Å². The Morgan fingerprint density at radius 1 is 1.30 bits per heavy atom. The molecular formula is C14H19NO5. The highest BCUT2D eigenvalue weighted by Crippen LogP contribution is 2.21. The number of piperidine rings is 1. The number of carbonyl (C=O) groups excluding carboxylic acids is 2. The van der Waals surface area contributed by atoms with Crippen molar-refractivity contribution in [2.75, 3.05) is 20.8 Å². The normalized spacial score (nSPS) is 19.6. The van der Waals surface area contributed by atoms with E-state index in [4.69, 9.17) is 9.15 Å². The molecule has 0 N–H and O–H groups in total. The molecule has 2 rings (SSSR count). The van der Waals surface area contributed by atoms with Gasteiger partial charge in [-0.3, -0.25) is 9.69 Å². The van der Waals surface area contributed by atoms with Crippen LogP contribution < -0.4 is 0 Å². The molecular weight excluding hydrogens is 262 g/mol. The van der Waals surface area contributed by atoms with E-state index in [1.807, 2.05) is 4.90 Å². The Morgan fingerprint density at radius 3 is 2.80 bits per heavy atom. The fourth-order valence-corrected chi connectivity index (χ4v) is 2.46. The lowest BCUT2D eigenvalue weighted by molar-refractivity contribution is -0.148. The summed E-state index contributed by atoms with van der Waals surface area (Å²) < 4.78 is 14.9. The minimum absolute atomic E-state index is 0.175. The third-order valence-electron chi connectivity index (χ3n) is 3.49. The van der Waals surface area contributed by atoms with E-state index >= 15 is 0 Å². The summed E-state index contributed by atoms with van der Waals surface area (Å²) in [5.41, 5.74) is 0. The van der Waals surface area contributed by atoms with Crippen LogP contribution in [0, 0.1) is 0 Å². The molecule has 1 fully saturated rings. The minimum atomic E-state index is -0.501. The lowest BCUT2D eigenvalue weighted by Gasteiger charge is -2.32. The number of likely N-dealkylation sites (tertiary alicyclic amines) is 1. The van der Waals surface area contributed by atoms with E-state index in [0.717, 1.165) is 25.8 Å². The molecule has 20 heavy (non-hydrogen) atoms. The van der Waals surface area contributed by atoms with E-state index < -0.39 is 5.97 Å². The molecule has 6 heteroatoms. The summed E-state index contributed by atoms with van der Waals surface area (Å²) in [4.78, 5) is 25.1. The van der Waals surface area contributed by atoms with Gasteiger partial charge in [0.1, 0.15) is 11.8 Å². The smallest absolute Gasteiger partial charge is 0.373 e. The molecule has 1 aliphatic rings. The summed E-state index contributed by atoms with van der Waals surface area (Å²) in [6.45, 7) is 1.30. The third-order valence-corrected chi connectivity index (χ3v) is 3.49. The maximum absolute atomic E-state index is 11.8. The zero-order chi connectivity index (χ0) is 14.5. The summed E-state index contributed by atoms with van der Waals surface area (Å²) in [6.07, 6.45) is 2.84. The van der Waals surface area contributed by atoms with Gasteiger partial charge in [-0.2, -0.15) is 0 Å². The Kier molecular flexibility index (Phi) is 4.79. The first-order valence-corrected chi connectivity index (χ1v) is 6.64. The van der Waals surface area contributed by atoms with Gasteiger partial charge in [-0.1, -0.05) is 6.42 Å². The van der Waals surface area contributed by atoms with Crippen LogP contribution in [0.4, 0.5) is 0 Å². The molecule has 0 spiro atoms. The van der Waals surface area contributed by atoms with Crippen molar-refractivity contribution < 1.29 is 23.5 Å². The monoisotopic (exact) mass is 281 g/mol. The van der Waals surface area contributed by atoms with Crippen molar-refractivity contribution >= 4 is 11.9 Å². The van der Waals surface area contributed by atoms with E-state index in [0.29, 0.717) is 12.3 Å². The second-order valence-corrected chi connectivity index (χ2v) is 4.76. The highest BCUT2D eigenvalue weighted by molar-refractivity contribution is 5.86. The highest BCUT2D eigenvalue weighted by Gasteiger charge is 2.30. The predicted molar refractivity (Wildman–Crippen MR) is 70.1 cm³/mol. The van der Waals surface area contributed by atoms with Crippen molar-refractivity contribution in [3.63, 3.8) is 0 Å². The SMILES string of the molecule is COC(=O)c1ccc(CN2CCCCC2C(=O)OC)o1. The maximum Gasteiger partial charge on any atom is 0.373 e. The summed E-state index contributed by atoms with van der Waals surface area (Å²) in [6, 6.07) is 3.08. The zero-order valence-electron chi connectivity index (χ0n) is 11.8. The number of ether oxygens (including phenoxy) is 2. The molecule has 1 saturated heterocycles. The van der Waals surface area contributed by atoms with Gasteiger partial charge < -0.3 is 13.9 Å². The lowest BCUT2D eigenvalue weighted by Crippen LogP contribution is -2.44. The first-order valence-electron chi connectivity index (χ1n) is 6.64. The molecule has 6 nitrogen and oxygen atoms in total. The second-order valence-electron chi connectivity index (χ2n) is 4.76. The zero-order valence-corrected chi connectivity index (χ0v) is 11.8. The van der Waals surface area contributed by atoms with Gasteiger partial charge in [0.2, 0.25) is 5.76 Å². The number of furan rings is 1. The molecule has 0 saturated carbocycles. The molecule has 0 amide bonds. The van der Waals surface area contributed by atoms with Gasteiger partial charge in [-0.05, 0) is 31.5 Å². The Labute approximate surface area is 117 Å². The first kappa shape index (κ1) is 14.6. The maximum atomic E-state index is 11.8. The van der Waals surface area contributed by atoms with Gasteiger partial charge in [0.25, 0.3) is 0 Å². The molecule has 1 atom stereocenters. The van der Waals surface area contributed by atoms with E-state index in [9.17, 15) is 9.59 Å². The minimum Gasteiger partial charge on any atom is -0.468 e. The van der Waals surface area contributed by atoms with Crippen molar-refractivity contribution in [1.29, 1.82) is 0 Å². The van der Waals surface area contributed by atoms with Crippen LogP contribution in [0.15, 0.2) is 16.5 Å². The molecule has 1 unspecified atom stereocenters. The summed E-state index contributed by atoms with van der Waals surface area (Å²) in [5, 5.41) is 0. The largest absolute Gasteiger partial charge is 0.468 e. The molecule has 0 aliphatic carbocycles. The number of esters is 2. The van der Waals surface area contributed by atoms with Crippen molar-refractivity contribution in [3.8, 4) is 0 Å². The molecule has 1 aromatic rings. The van der Waals surface area contributed by atoms with Crippen LogP contribution in [0.3, 0.4) is 0 Å². The summed E-state index contributed by atoms with van der Waals surface area (Å²) >= 11 is 0. The topological polar surface area (TPSA) is 69.0 Å². The van der Waals surface area contributed by atoms with Crippen molar-refractivity contribution in [3.05, 3.63) is 23.7 Å². The molecule has 0 aromatic carbocycles. The van der Waals surface area contributed by atoms with E-state index in [2.05, 4.69) is 4.74 Å². The average molecular weight is 281 g/mol. The van der Waals surface area contributed by atoms with Crippen molar-refractivity contribution in [1.82, 2.24) is 4.90 Å². The van der Waals surface area contributed by atoms with E-state index in [1.165, 1.54) is 14.2 Å². The van der Waals surface area contributed by atoms with Gasteiger partial charge in [0.15, 0.2) is 0 Å². The van der Waals surface area contributed by atoms with E-state index in [-0.39, 0.29) is 17.8 Å². The second kappa shape index (κ2) is 6.56. The molecule has 1 aromatic heterocycles. The number of hydrogen-bond acceptors (Lipinski definition) is 6. The third kappa shape index (κ3) is 3.19. The van der Waals surface area contributed by atoms with Crippen molar-refractivity contribution in [2.45, 2.75) is 31.8 Å². The quantitative estimate of drug-likeness (QED) is 0.781. The van der Waals surface area contributed by atoms with Gasteiger partial charge in [0, 0.05) is 0 Å². The Morgan fingerprint density at radius 2 is 2.10 bits per heavy atom. The fourth-order valence-electron chi connectivity index (χ4n) is 2.46. The first-order chi connectivity index (χ1) is 9.65. The predicted octanol–water partition coefficient (Wildman–Crippen LogP) is 1.59. The Balaban J connectivity index is 2.05. The Hall–Kier alpha value is -1.82. The van der Waals surface area contributed by atoms with Gasteiger partial charge in [-0.25, -0.2) is 4.79 Å². The molecule has 2 heterocycles. The number of rotatable bonds is 4. The number of methoxy groups -OCH3 is 2. The Bertz CT molecular complexity index is 482. The fraction of sp³-hybridized carbons (Fsp3) is 0.571. The van der Waals surface area contributed by atoms with Crippen molar-refractivity contribution in [2.24, 2.45) is 0 Å². The summed E-state index contributed by atoms with van der Waals surface area (Å²) in [5.74, 6) is 0.0965. The van der Waals surface area contributed by atoms with E-state index in [1.54, 1.807) is 12.1 Å². The van der Waals surface area contributed by atoms with Crippen LogP contribution in [0.5, 0.6) is 0 Å². The van der Waals surface area contributed by atoms with Crippen LogP contribution in [0.25, 0.3) is 0 Å². The van der Waals surface area contributed by atoms with Crippen LogP contribution in [-0.4, -0.2) is 43.6 Å². The number of hydrogen-bond donors (Lipinski definition) is 0. The average Bonchev–Trinajstić information content (AvgIpc) is 2.94. The van der Waals surface area contributed by atoms with Gasteiger partial charge in [-0.15, -0.1) is 0 Å². The van der Waals surface area contributed by atoms with Crippen LogP contribution >= 0.6 is 0 Å². The van der Waals surface area contributed by atoms with Crippen LogP contribution in [-0.2, 0) is 20.8 Å². The summed E-state index contributed by atoms with van der Waals surface area (Å²) in [7, 11) is 2.71. The lowest BCUT2D eigenvalue weighted by atomic mass is 10.0. The standard InChI is InChI=1S/C14H19NO5/c1-18-13(16)11-5-3-4-8-15(11)9-10-6-7-12(20-10)14(17)19-2/h6-7,11H,3-5,8-9H2,1-2H3. The van der Waals surface area contributed by atoms with Crippen LogP contribution in [0.1, 0.15) is 35.6 Å². The van der Waals surface area contributed by atoms with Gasteiger partial charge >= 0.3 is 11.9 Å². The molecule has 1 aliphatic heterocycles. The number of carbonyl (C=O) groups is 2. The molecule has 0 bridgehead atoms.